The van der Waals surface area contributed by atoms with Gasteiger partial charge in [0.05, 0.1) is 31.4 Å². The Morgan fingerprint density at radius 1 is 1.15 bits per heavy atom. The van der Waals surface area contributed by atoms with Gasteiger partial charge in [0.15, 0.2) is 0 Å². The summed E-state index contributed by atoms with van der Waals surface area (Å²) in [4.78, 5) is 29.4. The molecule has 1 aromatic carbocycles. The molecule has 0 aliphatic carbocycles. The van der Waals surface area contributed by atoms with Crippen LogP contribution in [0.1, 0.15) is 66.4 Å². The van der Waals surface area contributed by atoms with Crippen LogP contribution < -0.4 is 19.5 Å². The Balaban J connectivity index is 1.78. The average molecular weight is 534 g/mol. The molecule has 0 spiro atoms. The molecule has 2 aromatic heterocycles. The maximum absolute atomic E-state index is 14.2. The Morgan fingerprint density at radius 2 is 1.90 bits per heavy atom. The molecule has 1 aliphatic heterocycles. The number of nitrogens with zero attached hydrogens (tertiary/aromatic N) is 4. The van der Waals surface area contributed by atoms with Gasteiger partial charge in [-0.2, -0.15) is 0 Å². The zero-order valence-corrected chi connectivity index (χ0v) is 24.1. The number of anilines is 1. The minimum atomic E-state index is -0.122. The summed E-state index contributed by atoms with van der Waals surface area (Å²) in [5.74, 6) is 2.14. The van der Waals surface area contributed by atoms with Crippen molar-refractivity contribution in [3.05, 3.63) is 52.5 Å². The SMILES string of the molecule is CCCCOc1nc(C)cc(C)c1CN1CCOc2c(-c3cnc(NC)nc3)cc(OC(C)C)c(C)c2C1=O. The first-order chi connectivity index (χ1) is 18.7. The van der Waals surface area contributed by atoms with Crippen LogP contribution in [-0.2, 0) is 6.54 Å². The lowest BCUT2D eigenvalue weighted by Crippen LogP contribution is -2.33. The summed E-state index contributed by atoms with van der Waals surface area (Å²) < 4.78 is 18.5. The highest BCUT2D eigenvalue weighted by atomic mass is 16.5. The predicted octanol–water partition coefficient (Wildman–Crippen LogP) is 5.51. The van der Waals surface area contributed by atoms with Crippen LogP contribution in [-0.4, -0.2) is 58.7 Å². The van der Waals surface area contributed by atoms with Gasteiger partial charge < -0.3 is 24.4 Å². The highest BCUT2D eigenvalue weighted by molar-refractivity contribution is 6.02. The number of carbonyl (C=O) groups excluding carboxylic acids is 1. The van der Waals surface area contributed by atoms with Crippen molar-refractivity contribution in [2.75, 3.05) is 32.1 Å². The molecule has 9 heteroatoms. The van der Waals surface area contributed by atoms with Crippen molar-refractivity contribution >= 4 is 11.9 Å². The summed E-state index contributed by atoms with van der Waals surface area (Å²) in [5.41, 5.74) is 5.54. The van der Waals surface area contributed by atoms with Crippen LogP contribution in [0.4, 0.5) is 5.95 Å². The number of rotatable bonds is 10. The number of carbonyl (C=O) groups is 1. The minimum Gasteiger partial charge on any atom is -0.491 e. The highest BCUT2D eigenvalue weighted by Crippen LogP contribution is 2.42. The van der Waals surface area contributed by atoms with E-state index in [1.165, 1.54) is 0 Å². The molecule has 1 N–H and O–H groups in total. The van der Waals surface area contributed by atoms with Crippen molar-refractivity contribution in [3.8, 4) is 28.5 Å². The summed E-state index contributed by atoms with van der Waals surface area (Å²) in [6, 6.07) is 3.95. The average Bonchev–Trinajstić information content (AvgIpc) is 3.06. The molecule has 9 nitrogen and oxygen atoms in total. The van der Waals surface area contributed by atoms with Gasteiger partial charge >= 0.3 is 0 Å². The van der Waals surface area contributed by atoms with Gasteiger partial charge in [-0.3, -0.25) is 4.79 Å². The normalized spacial score (nSPS) is 13.1. The number of nitrogens with one attached hydrogen (secondary N) is 1. The van der Waals surface area contributed by atoms with Gasteiger partial charge in [0.2, 0.25) is 11.8 Å². The largest absolute Gasteiger partial charge is 0.491 e. The van der Waals surface area contributed by atoms with Crippen molar-refractivity contribution in [2.45, 2.75) is 67.0 Å². The fourth-order valence-corrected chi connectivity index (χ4v) is 4.64. The summed E-state index contributed by atoms with van der Waals surface area (Å²) in [7, 11) is 1.77. The monoisotopic (exact) mass is 533 g/mol. The Hall–Kier alpha value is -3.88. The Labute approximate surface area is 230 Å². The highest BCUT2D eigenvalue weighted by Gasteiger charge is 2.31. The topological polar surface area (TPSA) is 98.7 Å². The molecule has 0 fully saturated rings. The number of hydrogen-bond acceptors (Lipinski definition) is 8. The number of hydrogen-bond donors (Lipinski definition) is 1. The number of unbranched alkanes of at least 4 members (excludes halogenated alkanes) is 1. The molecule has 1 aliphatic rings. The maximum Gasteiger partial charge on any atom is 0.258 e. The third-order valence-corrected chi connectivity index (χ3v) is 6.67. The third kappa shape index (κ3) is 6.24. The molecule has 0 saturated heterocycles. The smallest absolute Gasteiger partial charge is 0.258 e. The van der Waals surface area contributed by atoms with Crippen LogP contribution in [0.25, 0.3) is 11.1 Å². The van der Waals surface area contributed by atoms with E-state index in [0.29, 0.717) is 55.2 Å². The lowest BCUT2D eigenvalue weighted by molar-refractivity contribution is 0.0739. The van der Waals surface area contributed by atoms with Gasteiger partial charge in [-0.15, -0.1) is 0 Å². The van der Waals surface area contributed by atoms with Gasteiger partial charge in [-0.25, -0.2) is 15.0 Å². The van der Waals surface area contributed by atoms with E-state index in [4.69, 9.17) is 14.2 Å². The zero-order valence-electron chi connectivity index (χ0n) is 24.1. The molecule has 208 valence electrons. The molecule has 0 unspecified atom stereocenters. The standard InChI is InChI=1S/C30H39N5O4/c1-8-9-11-38-28-24(19(4)13-20(5)34-28)17-35-10-12-37-27-23(22-15-32-30(31-7)33-16-22)14-25(39-18(2)3)21(6)26(27)29(35)36/h13-16,18H,8-12,17H2,1-7H3,(H,31,32,33). The Kier molecular flexibility index (Phi) is 8.89. The molecule has 0 atom stereocenters. The minimum absolute atomic E-state index is 0.0699. The van der Waals surface area contributed by atoms with Crippen molar-refractivity contribution in [1.82, 2.24) is 19.9 Å². The van der Waals surface area contributed by atoms with Gasteiger partial charge in [0.1, 0.15) is 18.1 Å². The van der Waals surface area contributed by atoms with E-state index >= 15 is 0 Å². The van der Waals surface area contributed by atoms with Crippen molar-refractivity contribution in [1.29, 1.82) is 0 Å². The van der Waals surface area contributed by atoms with E-state index in [9.17, 15) is 4.79 Å². The molecule has 3 aromatic rings. The number of amides is 1. The number of benzene rings is 1. The first-order valence-electron chi connectivity index (χ1n) is 13.6. The van der Waals surface area contributed by atoms with Crippen molar-refractivity contribution < 1.29 is 19.0 Å². The zero-order chi connectivity index (χ0) is 28.1. The lowest BCUT2D eigenvalue weighted by Gasteiger charge is -2.24. The summed E-state index contributed by atoms with van der Waals surface area (Å²) in [5, 5.41) is 2.93. The quantitative estimate of drug-likeness (QED) is 0.341. The molecule has 0 bridgehead atoms. The van der Waals surface area contributed by atoms with E-state index in [1.807, 2.05) is 51.7 Å². The Bertz CT molecular complexity index is 1320. The van der Waals surface area contributed by atoms with E-state index in [1.54, 1.807) is 19.4 Å². The van der Waals surface area contributed by atoms with Crippen LogP contribution in [0.3, 0.4) is 0 Å². The second kappa shape index (κ2) is 12.3. The van der Waals surface area contributed by atoms with Gasteiger partial charge in [-0.05, 0) is 58.7 Å². The maximum atomic E-state index is 14.2. The summed E-state index contributed by atoms with van der Waals surface area (Å²) in [6.07, 6.45) is 5.35. The van der Waals surface area contributed by atoms with E-state index < -0.39 is 0 Å². The predicted molar refractivity (Wildman–Crippen MR) is 152 cm³/mol. The number of fused-ring (bicyclic) bond motifs is 1. The second-order valence-corrected chi connectivity index (χ2v) is 10.1. The molecular weight excluding hydrogens is 494 g/mol. The van der Waals surface area contributed by atoms with Crippen molar-refractivity contribution in [2.24, 2.45) is 0 Å². The molecule has 4 rings (SSSR count). The molecule has 0 radical (unpaired) electrons. The van der Waals surface area contributed by atoms with Crippen LogP contribution in [0.2, 0.25) is 0 Å². The molecule has 39 heavy (non-hydrogen) atoms. The fourth-order valence-electron chi connectivity index (χ4n) is 4.64. The molecule has 1 amide bonds. The van der Waals surface area contributed by atoms with Crippen LogP contribution >= 0.6 is 0 Å². The van der Waals surface area contributed by atoms with Gasteiger partial charge in [-0.1, -0.05) is 13.3 Å². The number of pyridine rings is 1. The van der Waals surface area contributed by atoms with Crippen LogP contribution in [0.15, 0.2) is 24.5 Å². The van der Waals surface area contributed by atoms with Gasteiger partial charge in [0.25, 0.3) is 5.91 Å². The van der Waals surface area contributed by atoms with Crippen LogP contribution in [0, 0.1) is 20.8 Å². The number of ether oxygens (including phenoxy) is 3. The molecular formula is C30H39N5O4. The number of aromatic nitrogens is 3. The van der Waals surface area contributed by atoms with E-state index in [2.05, 4.69) is 27.2 Å². The molecule has 0 saturated carbocycles. The van der Waals surface area contributed by atoms with Gasteiger partial charge in [0, 0.05) is 47.4 Å². The van der Waals surface area contributed by atoms with E-state index in [0.717, 1.165) is 46.4 Å². The Morgan fingerprint density at radius 3 is 2.56 bits per heavy atom. The summed E-state index contributed by atoms with van der Waals surface area (Å²) >= 11 is 0. The van der Waals surface area contributed by atoms with E-state index in [-0.39, 0.29) is 12.0 Å². The lowest BCUT2D eigenvalue weighted by atomic mass is 9.97. The first-order valence-corrected chi connectivity index (χ1v) is 13.6. The summed E-state index contributed by atoms with van der Waals surface area (Å²) in [6.45, 7) is 13.7. The first kappa shape index (κ1) is 28.1. The third-order valence-electron chi connectivity index (χ3n) is 6.67. The second-order valence-electron chi connectivity index (χ2n) is 10.1. The van der Waals surface area contributed by atoms with Crippen molar-refractivity contribution in [3.63, 3.8) is 0 Å². The molecule has 3 heterocycles. The fraction of sp³-hybridized carbons (Fsp3) is 0.467. The van der Waals surface area contributed by atoms with Crippen LogP contribution in [0.5, 0.6) is 17.4 Å². The number of aryl methyl sites for hydroxylation is 2.